The average molecular weight is 345 g/mol. The zero-order valence-electron chi connectivity index (χ0n) is 13.4. The van der Waals surface area contributed by atoms with Crippen molar-refractivity contribution in [1.29, 1.82) is 0 Å². The van der Waals surface area contributed by atoms with Crippen LogP contribution in [0.1, 0.15) is 24.1 Å². The van der Waals surface area contributed by atoms with E-state index in [-0.39, 0.29) is 6.04 Å². The maximum atomic E-state index is 13.0. The number of hydrogen-bond acceptors (Lipinski definition) is 4. The maximum Gasteiger partial charge on any atom is 0.243 e. The lowest BCUT2D eigenvalue weighted by molar-refractivity contribution is 0.170. The molecule has 24 heavy (non-hydrogen) atoms. The topological polar surface area (TPSA) is 55.8 Å². The van der Waals surface area contributed by atoms with Crippen LogP contribution in [0.15, 0.2) is 47.4 Å². The minimum atomic E-state index is -3.51. The number of nitrogens with zero attached hydrogens (tertiary/aromatic N) is 1. The summed E-state index contributed by atoms with van der Waals surface area (Å²) in [6.07, 6.45) is 0.669. The summed E-state index contributed by atoms with van der Waals surface area (Å²) in [6, 6.07) is 12.3. The Kier molecular flexibility index (Phi) is 3.73. The molecule has 2 aromatic carbocycles. The molecule has 2 heterocycles. The molecule has 0 fully saturated rings. The minimum Gasteiger partial charge on any atom is -0.486 e. The molecule has 0 radical (unpaired) electrons. The van der Waals surface area contributed by atoms with Crippen molar-refractivity contribution < 1.29 is 17.9 Å². The number of benzene rings is 2. The van der Waals surface area contributed by atoms with Gasteiger partial charge in [-0.2, -0.15) is 4.31 Å². The van der Waals surface area contributed by atoms with E-state index in [2.05, 4.69) is 0 Å². The number of ether oxygens (including phenoxy) is 2. The molecule has 5 nitrogen and oxygen atoms in total. The monoisotopic (exact) mass is 345 g/mol. The van der Waals surface area contributed by atoms with E-state index < -0.39 is 10.0 Å². The second-order valence-electron chi connectivity index (χ2n) is 6.05. The fourth-order valence-corrected chi connectivity index (χ4v) is 5.02. The molecule has 1 unspecified atom stereocenters. The van der Waals surface area contributed by atoms with Gasteiger partial charge in [0.05, 0.1) is 4.90 Å². The highest BCUT2D eigenvalue weighted by atomic mass is 32.2. The summed E-state index contributed by atoms with van der Waals surface area (Å²) >= 11 is 0. The van der Waals surface area contributed by atoms with Crippen molar-refractivity contribution in [3.05, 3.63) is 53.6 Å². The van der Waals surface area contributed by atoms with Gasteiger partial charge >= 0.3 is 0 Å². The third-order valence-electron chi connectivity index (χ3n) is 4.64. The summed E-state index contributed by atoms with van der Waals surface area (Å²) in [4.78, 5) is 0.331. The average Bonchev–Trinajstić information content (AvgIpc) is 2.61. The van der Waals surface area contributed by atoms with Crippen molar-refractivity contribution in [3.63, 3.8) is 0 Å². The molecule has 1 atom stereocenters. The molecule has 0 saturated carbocycles. The maximum absolute atomic E-state index is 13.0. The number of fused-ring (bicyclic) bond motifs is 2. The summed E-state index contributed by atoms with van der Waals surface area (Å²) in [5, 5.41) is 0. The van der Waals surface area contributed by atoms with Gasteiger partial charge in [-0.15, -0.1) is 0 Å². The van der Waals surface area contributed by atoms with Crippen LogP contribution < -0.4 is 9.47 Å². The predicted octanol–water partition coefficient (Wildman–Crippen LogP) is 2.77. The van der Waals surface area contributed by atoms with E-state index in [9.17, 15) is 8.42 Å². The van der Waals surface area contributed by atoms with E-state index in [1.54, 1.807) is 28.6 Å². The van der Waals surface area contributed by atoms with Crippen LogP contribution in [0, 0.1) is 0 Å². The summed E-state index contributed by atoms with van der Waals surface area (Å²) in [5.41, 5.74) is 2.12. The van der Waals surface area contributed by atoms with Gasteiger partial charge in [-0.25, -0.2) is 8.42 Å². The third kappa shape index (κ3) is 2.46. The Bertz CT molecular complexity index is 864. The Morgan fingerprint density at radius 1 is 1.04 bits per heavy atom. The van der Waals surface area contributed by atoms with E-state index in [1.807, 2.05) is 25.1 Å². The quantitative estimate of drug-likeness (QED) is 0.840. The Morgan fingerprint density at radius 2 is 1.71 bits per heavy atom. The Labute approximate surface area is 141 Å². The molecule has 0 N–H and O–H groups in total. The van der Waals surface area contributed by atoms with Crippen LogP contribution in [0.25, 0.3) is 0 Å². The first-order valence-corrected chi connectivity index (χ1v) is 9.51. The molecule has 0 bridgehead atoms. The third-order valence-corrected chi connectivity index (χ3v) is 6.62. The highest BCUT2D eigenvalue weighted by Gasteiger charge is 2.34. The fraction of sp³-hybridized carbons (Fsp3) is 0.333. The van der Waals surface area contributed by atoms with Gasteiger partial charge in [0, 0.05) is 12.6 Å². The van der Waals surface area contributed by atoms with Crippen molar-refractivity contribution >= 4 is 10.0 Å². The van der Waals surface area contributed by atoms with Crippen molar-refractivity contribution in [2.24, 2.45) is 0 Å². The van der Waals surface area contributed by atoms with Crippen LogP contribution in [-0.2, 0) is 16.4 Å². The molecular weight excluding hydrogens is 326 g/mol. The summed E-state index contributed by atoms with van der Waals surface area (Å²) < 4.78 is 38.8. The molecule has 0 spiro atoms. The molecule has 0 aromatic heterocycles. The molecule has 6 heteroatoms. The van der Waals surface area contributed by atoms with Gasteiger partial charge < -0.3 is 9.47 Å². The van der Waals surface area contributed by atoms with E-state index >= 15 is 0 Å². The molecule has 2 aliphatic heterocycles. The number of hydrogen-bond donors (Lipinski definition) is 0. The summed E-state index contributed by atoms with van der Waals surface area (Å²) in [5.74, 6) is 1.46. The van der Waals surface area contributed by atoms with Gasteiger partial charge in [-0.3, -0.25) is 0 Å². The Balaban J connectivity index is 1.73. The van der Waals surface area contributed by atoms with E-state index in [0.717, 1.165) is 16.9 Å². The van der Waals surface area contributed by atoms with Crippen molar-refractivity contribution in [1.82, 2.24) is 4.31 Å². The molecule has 0 aliphatic carbocycles. The molecule has 2 aromatic rings. The summed E-state index contributed by atoms with van der Waals surface area (Å²) in [7, 11) is -3.51. The molecule has 4 rings (SSSR count). The lowest BCUT2D eigenvalue weighted by atomic mass is 9.94. The smallest absolute Gasteiger partial charge is 0.243 e. The highest BCUT2D eigenvalue weighted by molar-refractivity contribution is 7.89. The minimum absolute atomic E-state index is 0.241. The largest absolute Gasteiger partial charge is 0.486 e. The SMILES string of the molecule is CC1c2cc3c(cc2CCN1S(=O)(=O)c1ccccc1)OCCO3. The second kappa shape index (κ2) is 5.79. The number of sulfonamides is 1. The molecule has 2 aliphatic rings. The first-order valence-electron chi connectivity index (χ1n) is 8.07. The van der Waals surface area contributed by atoms with Gasteiger partial charge in [0.2, 0.25) is 10.0 Å². The standard InChI is InChI=1S/C18H19NO4S/c1-13-16-12-18-17(22-9-10-23-18)11-14(16)7-8-19(13)24(20,21)15-5-3-2-4-6-15/h2-6,11-13H,7-10H2,1H3. The first-order chi connectivity index (χ1) is 11.6. The zero-order chi connectivity index (χ0) is 16.7. The van der Waals surface area contributed by atoms with Crippen molar-refractivity contribution in [3.8, 4) is 11.5 Å². The van der Waals surface area contributed by atoms with Gasteiger partial charge in [0.15, 0.2) is 11.5 Å². The van der Waals surface area contributed by atoms with Gasteiger partial charge in [-0.1, -0.05) is 18.2 Å². The van der Waals surface area contributed by atoms with E-state index in [1.165, 1.54) is 0 Å². The van der Waals surface area contributed by atoms with Crippen molar-refractivity contribution in [2.75, 3.05) is 19.8 Å². The summed E-state index contributed by atoms with van der Waals surface area (Å²) in [6.45, 7) is 3.46. The van der Waals surface area contributed by atoms with Crippen LogP contribution in [0.3, 0.4) is 0 Å². The molecular formula is C18H19NO4S. The van der Waals surface area contributed by atoms with Crippen LogP contribution in [-0.4, -0.2) is 32.5 Å². The van der Waals surface area contributed by atoms with E-state index in [0.29, 0.717) is 36.8 Å². The van der Waals surface area contributed by atoms with Gasteiger partial charge in [0.1, 0.15) is 13.2 Å². The first kappa shape index (κ1) is 15.5. The van der Waals surface area contributed by atoms with Crippen molar-refractivity contribution in [2.45, 2.75) is 24.3 Å². The fourth-order valence-electron chi connectivity index (χ4n) is 3.39. The molecule has 126 valence electrons. The lowest BCUT2D eigenvalue weighted by Gasteiger charge is -2.35. The Hall–Kier alpha value is -2.05. The van der Waals surface area contributed by atoms with Crippen LogP contribution in [0.4, 0.5) is 0 Å². The molecule has 0 amide bonds. The zero-order valence-corrected chi connectivity index (χ0v) is 14.3. The van der Waals surface area contributed by atoms with E-state index in [4.69, 9.17) is 9.47 Å². The normalized spacial score (nSPS) is 20.5. The van der Waals surface area contributed by atoms with Gasteiger partial charge in [0.25, 0.3) is 0 Å². The lowest BCUT2D eigenvalue weighted by Crippen LogP contribution is -2.39. The van der Waals surface area contributed by atoms with Crippen LogP contribution in [0.5, 0.6) is 11.5 Å². The number of rotatable bonds is 2. The molecule has 0 saturated heterocycles. The van der Waals surface area contributed by atoms with Crippen LogP contribution in [0.2, 0.25) is 0 Å². The Morgan fingerprint density at radius 3 is 2.42 bits per heavy atom. The second-order valence-corrected chi connectivity index (χ2v) is 7.94. The highest BCUT2D eigenvalue weighted by Crippen LogP contribution is 2.40. The predicted molar refractivity (Wildman–Crippen MR) is 89.9 cm³/mol. The van der Waals surface area contributed by atoms with Crippen LogP contribution >= 0.6 is 0 Å². The van der Waals surface area contributed by atoms with Gasteiger partial charge in [-0.05, 0) is 48.7 Å².